The van der Waals surface area contributed by atoms with Crippen LogP contribution in [0.1, 0.15) is 27.7 Å². The van der Waals surface area contributed by atoms with Crippen molar-refractivity contribution in [2.24, 2.45) is 0 Å². The fourth-order valence-electron chi connectivity index (χ4n) is 0.660. The van der Waals surface area contributed by atoms with Crippen molar-refractivity contribution in [2.75, 3.05) is 6.61 Å². The van der Waals surface area contributed by atoms with Crippen molar-refractivity contribution in [3.05, 3.63) is 12.4 Å². The Balaban J connectivity index is 0.00000106. The Morgan fingerprint density at radius 1 is 1.38 bits per heavy atom. The van der Waals surface area contributed by atoms with E-state index in [0.717, 1.165) is 15.9 Å². The Labute approximate surface area is 105 Å². The SMILES string of the molecule is CC.CC(C)(O)COc1ncc(SCl)cn1. The van der Waals surface area contributed by atoms with Crippen molar-refractivity contribution in [2.45, 2.75) is 38.2 Å². The molecule has 0 unspecified atom stereocenters. The molecular formula is C10H17ClN2O2S. The highest BCUT2D eigenvalue weighted by Crippen LogP contribution is 2.20. The zero-order valence-electron chi connectivity index (χ0n) is 9.90. The molecule has 0 bridgehead atoms. The summed E-state index contributed by atoms with van der Waals surface area (Å²) in [5.74, 6) is 0. The maximum absolute atomic E-state index is 9.37. The lowest BCUT2D eigenvalue weighted by Crippen LogP contribution is -2.28. The van der Waals surface area contributed by atoms with Crippen LogP contribution in [0.4, 0.5) is 0 Å². The van der Waals surface area contributed by atoms with Gasteiger partial charge in [0.15, 0.2) is 0 Å². The van der Waals surface area contributed by atoms with Gasteiger partial charge < -0.3 is 9.84 Å². The van der Waals surface area contributed by atoms with Crippen LogP contribution in [0.2, 0.25) is 0 Å². The van der Waals surface area contributed by atoms with Crippen molar-refractivity contribution < 1.29 is 9.84 Å². The highest BCUT2D eigenvalue weighted by Gasteiger charge is 2.14. The molecule has 1 aromatic rings. The van der Waals surface area contributed by atoms with E-state index >= 15 is 0 Å². The molecule has 0 aliphatic rings. The minimum absolute atomic E-state index is 0.153. The van der Waals surface area contributed by atoms with Crippen molar-refractivity contribution in [1.82, 2.24) is 9.97 Å². The van der Waals surface area contributed by atoms with Crippen LogP contribution in [0.5, 0.6) is 6.01 Å². The van der Waals surface area contributed by atoms with Crippen molar-refractivity contribution in [1.29, 1.82) is 0 Å². The average Bonchev–Trinajstić information content (AvgIpc) is 2.29. The highest BCUT2D eigenvalue weighted by molar-refractivity contribution is 8.21. The molecule has 0 saturated carbocycles. The summed E-state index contributed by atoms with van der Waals surface area (Å²) in [6.45, 7) is 7.45. The zero-order valence-corrected chi connectivity index (χ0v) is 11.5. The summed E-state index contributed by atoms with van der Waals surface area (Å²) in [7, 11) is 6.53. The smallest absolute Gasteiger partial charge is 0.316 e. The van der Waals surface area contributed by atoms with Crippen LogP contribution in [0.25, 0.3) is 0 Å². The second kappa shape index (κ2) is 7.70. The highest BCUT2D eigenvalue weighted by atomic mass is 35.7. The maximum Gasteiger partial charge on any atom is 0.316 e. The number of ether oxygens (including phenoxy) is 1. The summed E-state index contributed by atoms with van der Waals surface area (Å²) in [6, 6.07) is 0.238. The molecule has 0 fully saturated rings. The van der Waals surface area contributed by atoms with E-state index in [0.29, 0.717) is 0 Å². The summed E-state index contributed by atoms with van der Waals surface area (Å²) in [4.78, 5) is 8.56. The number of rotatable bonds is 4. The monoisotopic (exact) mass is 264 g/mol. The molecule has 0 aliphatic heterocycles. The van der Waals surface area contributed by atoms with Crippen LogP contribution in [-0.2, 0) is 0 Å². The van der Waals surface area contributed by atoms with Crippen molar-refractivity contribution in [3.63, 3.8) is 0 Å². The van der Waals surface area contributed by atoms with E-state index in [2.05, 4.69) is 9.97 Å². The van der Waals surface area contributed by atoms with E-state index in [1.54, 1.807) is 26.2 Å². The van der Waals surface area contributed by atoms with E-state index in [1.807, 2.05) is 13.8 Å². The van der Waals surface area contributed by atoms with Gasteiger partial charge in [0.25, 0.3) is 0 Å². The molecule has 16 heavy (non-hydrogen) atoms. The lowest BCUT2D eigenvalue weighted by molar-refractivity contribution is 0.0249. The van der Waals surface area contributed by atoms with E-state index in [-0.39, 0.29) is 12.6 Å². The lowest BCUT2D eigenvalue weighted by Gasteiger charge is -2.16. The summed E-state index contributed by atoms with van der Waals surface area (Å²) < 4.78 is 5.15. The number of hydrogen-bond acceptors (Lipinski definition) is 5. The molecule has 1 heterocycles. The standard InChI is InChI=1S/C8H11ClN2O2S.C2H6/c1-8(2,12)5-13-7-10-3-6(14-9)4-11-7;1-2/h3-4,12H,5H2,1-2H3;1-2H3. The van der Waals surface area contributed by atoms with Gasteiger partial charge in [0.05, 0.1) is 10.5 Å². The molecule has 4 nitrogen and oxygen atoms in total. The predicted molar refractivity (Wildman–Crippen MR) is 66.9 cm³/mol. The quantitative estimate of drug-likeness (QED) is 0.906. The van der Waals surface area contributed by atoms with Gasteiger partial charge in [-0.2, -0.15) is 0 Å². The molecule has 0 amide bonds. The normalized spacial score (nSPS) is 10.4. The first kappa shape index (κ1) is 15.5. The van der Waals surface area contributed by atoms with Crippen LogP contribution in [0.3, 0.4) is 0 Å². The maximum atomic E-state index is 9.37. The Morgan fingerprint density at radius 3 is 2.25 bits per heavy atom. The van der Waals surface area contributed by atoms with Gasteiger partial charge in [0.1, 0.15) is 6.61 Å². The van der Waals surface area contributed by atoms with Crippen molar-refractivity contribution in [3.8, 4) is 6.01 Å². The van der Waals surface area contributed by atoms with E-state index in [1.165, 1.54) is 0 Å². The van der Waals surface area contributed by atoms with Gasteiger partial charge in [-0.3, -0.25) is 0 Å². The second-order valence-electron chi connectivity index (χ2n) is 3.38. The van der Waals surface area contributed by atoms with Crippen LogP contribution >= 0.6 is 21.7 Å². The number of halogens is 1. The molecule has 0 aromatic carbocycles. The molecule has 0 atom stereocenters. The molecule has 0 spiro atoms. The first-order valence-corrected chi connectivity index (χ1v) is 6.61. The molecule has 6 heteroatoms. The molecule has 0 aliphatic carbocycles. The van der Waals surface area contributed by atoms with Gasteiger partial charge in [-0.25, -0.2) is 9.97 Å². The summed E-state index contributed by atoms with van der Waals surface area (Å²) >= 11 is 0. The first-order chi connectivity index (χ1) is 7.51. The molecule has 0 radical (unpaired) electrons. The summed E-state index contributed by atoms with van der Waals surface area (Å²) in [6.07, 6.45) is 3.12. The van der Waals surface area contributed by atoms with Gasteiger partial charge in [-0.15, -0.1) is 0 Å². The van der Waals surface area contributed by atoms with Crippen molar-refractivity contribution >= 4 is 21.7 Å². The van der Waals surface area contributed by atoms with Crippen LogP contribution in [-0.4, -0.2) is 27.3 Å². The number of aliphatic hydroxyl groups is 1. The number of nitrogens with zero attached hydrogens (tertiary/aromatic N) is 2. The van der Waals surface area contributed by atoms with Crippen LogP contribution in [0, 0.1) is 0 Å². The third-order valence-corrected chi connectivity index (χ3v) is 2.17. The Kier molecular flexibility index (Phi) is 7.45. The van der Waals surface area contributed by atoms with Gasteiger partial charge >= 0.3 is 6.01 Å². The minimum Gasteiger partial charge on any atom is -0.460 e. The number of aromatic nitrogens is 2. The lowest BCUT2D eigenvalue weighted by atomic mass is 10.2. The molecule has 1 rings (SSSR count). The van der Waals surface area contributed by atoms with E-state index in [4.69, 9.17) is 15.4 Å². The predicted octanol–water partition coefficient (Wildman–Crippen LogP) is 2.90. The second-order valence-corrected chi connectivity index (χ2v) is 4.47. The zero-order chi connectivity index (χ0) is 12.6. The Morgan fingerprint density at radius 2 is 1.88 bits per heavy atom. The Hall–Kier alpha value is -0.520. The molecule has 0 saturated heterocycles. The van der Waals surface area contributed by atoms with Gasteiger partial charge in [-0.1, -0.05) is 13.8 Å². The van der Waals surface area contributed by atoms with Gasteiger partial charge in [0, 0.05) is 12.4 Å². The molecular weight excluding hydrogens is 248 g/mol. The number of hydrogen-bond donors (Lipinski definition) is 1. The summed E-state index contributed by atoms with van der Waals surface area (Å²) in [5.41, 5.74) is -0.886. The van der Waals surface area contributed by atoms with Gasteiger partial charge in [0.2, 0.25) is 0 Å². The van der Waals surface area contributed by atoms with Crippen LogP contribution < -0.4 is 4.74 Å². The summed E-state index contributed by atoms with van der Waals surface area (Å²) in [5, 5.41) is 9.37. The first-order valence-electron chi connectivity index (χ1n) is 4.97. The molecule has 92 valence electrons. The van der Waals surface area contributed by atoms with Crippen LogP contribution in [0.15, 0.2) is 17.3 Å². The van der Waals surface area contributed by atoms with E-state index in [9.17, 15) is 5.11 Å². The fourth-order valence-corrected chi connectivity index (χ4v) is 1.08. The Bertz CT molecular complexity index is 288. The van der Waals surface area contributed by atoms with E-state index < -0.39 is 5.60 Å². The largest absolute Gasteiger partial charge is 0.460 e. The molecule has 1 N–H and O–H groups in total. The minimum atomic E-state index is -0.886. The molecule has 1 aromatic heterocycles. The van der Waals surface area contributed by atoms with Gasteiger partial charge in [-0.05, 0) is 35.5 Å². The fraction of sp³-hybridized carbons (Fsp3) is 0.600. The topological polar surface area (TPSA) is 55.2 Å². The third kappa shape index (κ3) is 6.87. The average molecular weight is 265 g/mol. The third-order valence-electron chi connectivity index (χ3n) is 1.25.